The Hall–Kier alpha value is -2.62. The number of benzene rings is 1. The van der Waals surface area contributed by atoms with E-state index in [2.05, 4.69) is 4.98 Å². The first-order valence-electron chi connectivity index (χ1n) is 6.33. The second-order valence-electron chi connectivity index (χ2n) is 4.55. The predicted octanol–water partition coefficient (Wildman–Crippen LogP) is 2.34. The predicted molar refractivity (Wildman–Crippen MR) is 80.6 cm³/mol. The number of likely N-dealkylation sites (N-methyl/N-ethyl adjacent to an activating group) is 1. The Bertz CT molecular complexity index is 608. The lowest BCUT2D eigenvalue weighted by Gasteiger charge is -2.14. The maximum atomic E-state index is 12.0. The molecule has 0 bridgehead atoms. The van der Waals surface area contributed by atoms with E-state index in [1.807, 2.05) is 36.4 Å². The molecule has 2 N–H and O–H groups in total. The van der Waals surface area contributed by atoms with Crippen LogP contribution in [-0.4, -0.2) is 22.8 Å². The fraction of sp³-hybridized carbons (Fsp3) is 0.125. The first-order valence-corrected chi connectivity index (χ1v) is 6.33. The van der Waals surface area contributed by atoms with Gasteiger partial charge in [0.25, 0.3) is 0 Å². The van der Waals surface area contributed by atoms with Crippen molar-refractivity contribution in [2.24, 2.45) is 0 Å². The molecule has 4 heteroatoms. The summed E-state index contributed by atoms with van der Waals surface area (Å²) in [6.07, 6.45) is 6.75. The molecule has 2 aromatic rings. The number of nitrogens with two attached hydrogens (primary N) is 1. The minimum Gasteiger partial charge on any atom is -0.399 e. The summed E-state index contributed by atoms with van der Waals surface area (Å²) in [4.78, 5) is 17.6. The summed E-state index contributed by atoms with van der Waals surface area (Å²) in [6, 6.07) is 11.2. The van der Waals surface area contributed by atoms with Crippen LogP contribution in [0.25, 0.3) is 6.08 Å². The third-order valence-electron chi connectivity index (χ3n) is 2.87. The van der Waals surface area contributed by atoms with Gasteiger partial charge in [-0.1, -0.05) is 12.1 Å². The van der Waals surface area contributed by atoms with Crippen LogP contribution in [0.2, 0.25) is 0 Å². The molecule has 1 aromatic carbocycles. The van der Waals surface area contributed by atoms with Gasteiger partial charge in [0.15, 0.2) is 0 Å². The Morgan fingerprint density at radius 1 is 1.30 bits per heavy atom. The number of hydrogen-bond acceptors (Lipinski definition) is 3. The van der Waals surface area contributed by atoms with Gasteiger partial charge in [0.2, 0.25) is 5.91 Å². The largest absolute Gasteiger partial charge is 0.399 e. The zero-order chi connectivity index (χ0) is 14.4. The lowest BCUT2D eigenvalue weighted by atomic mass is 10.2. The SMILES string of the molecule is CN(Cc1ccncc1)C(=O)/C=C/c1cccc(N)c1. The van der Waals surface area contributed by atoms with Crippen molar-refractivity contribution in [2.75, 3.05) is 12.8 Å². The van der Waals surface area contributed by atoms with Crippen molar-refractivity contribution in [3.63, 3.8) is 0 Å². The second kappa shape index (κ2) is 6.52. The monoisotopic (exact) mass is 267 g/mol. The fourth-order valence-electron chi connectivity index (χ4n) is 1.80. The van der Waals surface area contributed by atoms with E-state index in [9.17, 15) is 4.79 Å². The van der Waals surface area contributed by atoms with Crippen LogP contribution in [0.4, 0.5) is 5.69 Å². The quantitative estimate of drug-likeness (QED) is 0.683. The van der Waals surface area contributed by atoms with Gasteiger partial charge in [0, 0.05) is 37.7 Å². The van der Waals surface area contributed by atoms with Crippen molar-refractivity contribution in [3.05, 3.63) is 66.0 Å². The molecule has 0 aliphatic heterocycles. The normalized spacial score (nSPS) is 10.7. The van der Waals surface area contributed by atoms with Crippen LogP contribution in [-0.2, 0) is 11.3 Å². The molecule has 2 rings (SSSR count). The topological polar surface area (TPSA) is 59.2 Å². The van der Waals surface area contributed by atoms with Crippen LogP contribution in [0.3, 0.4) is 0 Å². The molecule has 0 aliphatic rings. The minimum atomic E-state index is -0.0516. The maximum absolute atomic E-state index is 12.0. The van der Waals surface area contributed by atoms with Crippen LogP contribution in [0.1, 0.15) is 11.1 Å². The number of carbonyl (C=O) groups excluding carboxylic acids is 1. The molecule has 1 amide bonds. The first kappa shape index (κ1) is 13.8. The molecule has 0 fully saturated rings. The Morgan fingerprint density at radius 2 is 2.05 bits per heavy atom. The molecule has 1 heterocycles. The highest BCUT2D eigenvalue weighted by Gasteiger charge is 2.05. The molecule has 0 radical (unpaired) electrons. The van der Waals surface area contributed by atoms with E-state index in [0.29, 0.717) is 12.2 Å². The molecule has 0 atom stereocenters. The fourth-order valence-corrected chi connectivity index (χ4v) is 1.80. The van der Waals surface area contributed by atoms with Gasteiger partial charge in [0.1, 0.15) is 0 Å². The van der Waals surface area contributed by atoms with Gasteiger partial charge < -0.3 is 10.6 Å². The van der Waals surface area contributed by atoms with Gasteiger partial charge in [-0.2, -0.15) is 0 Å². The highest BCUT2D eigenvalue weighted by molar-refractivity contribution is 5.91. The molecule has 0 unspecified atom stereocenters. The van der Waals surface area contributed by atoms with E-state index in [1.165, 1.54) is 0 Å². The number of hydrogen-bond donors (Lipinski definition) is 1. The third kappa shape index (κ3) is 3.95. The molecule has 4 nitrogen and oxygen atoms in total. The van der Waals surface area contributed by atoms with E-state index in [-0.39, 0.29) is 5.91 Å². The number of nitrogen functional groups attached to an aromatic ring is 1. The van der Waals surface area contributed by atoms with Crippen molar-refractivity contribution in [3.8, 4) is 0 Å². The molecular weight excluding hydrogens is 250 g/mol. The van der Waals surface area contributed by atoms with E-state index < -0.39 is 0 Å². The molecule has 102 valence electrons. The summed E-state index contributed by atoms with van der Waals surface area (Å²) in [5, 5.41) is 0. The van der Waals surface area contributed by atoms with Crippen LogP contribution >= 0.6 is 0 Å². The first-order chi connectivity index (χ1) is 9.65. The number of carbonyl (C=O) groups is 1. The summed E-state index contributed by atoms with van der Waals surface area (Å²) < 4.78 is 0. The zero-order valence-corrected chi connectivity index (χ0v) is 11.4. The van der Waals surface area contributed by atoms with E-state index in [0.717, 1.165) is 11.1 Å². The number of aromatic nitrogens is 1. The Morgan fingerprint density at radius 3 is 2.75 bits per heavy atom. The number of pyridine rings is 1. The molecule has 1 aromatic heterocycles. The summed E-state index contributed by atoms with van der Waals surface area (Å²) in [5.74, 6) is -0.0516. The van der Waals surface area contributed by atoms with Gasteiger partial charge in [-0.05, 0) is 41.5 Å². The van der Waals surface area contributed by atoms with Gasteiger partial charge in [-0.15, -0.1) is 0 Å². The summed E-state index contributed by atoms with van der Waals surface area (Å²) in [7, 11) is 1.77. The van der Waals surface area contributed by atoms with Crippen molar-refractivity contribution in [1.29, 1.82) is 0 Å². The summed E-state index contributed by atoms with van der Waals surface area (Å²) in [5.41, 5.74) is 8.34. The zero-order valence-electron chi connectivity index (χ0n) is 11.4. The van der Waals surface area contributed by atoms with Gasteiger partial charge in [-0.25, -0.2) is 0 Å². The molecule has 0 aliphatic carbocycles. The Balaban J connectivity index is 1.97. The standard InChI is InChI=1S/C16H17N3O/c1-19(12-14-7-9-18-10-8-14)16(20)6-5-13-3-2-4-15(17)11-13/h2-11H,12,17H2,1H3/b6-5+. The third-order valence-corrected chi connectivity index (χ3v) is 2.87. The van der Waals surface area contributed by atoms with Crippen LogP contribution < -0.4 is 5.73 Å². The van der Waals surface area contributed by atoms with E-state index in [4.69, 9.17) is 5.73 Å². The van der Waals surface area contributed by atoms with Crippen molar-refractivity contribution >= 4 is 17.7 Å². The summed E-state index contributed by atoms with van der Waals surface area (Å²) in [6.45, 7) is 0.558. The summed E-state index contributed by atoms with van der Waals surface area (Å²) >= 11 is 0. The van der Waals surface area contributed by atoms with Crippen LogP contribution in [0.5, 0.6) is 0 Å². The van der Waals surface area contributed by atoms with Gasteiger partial charge in [-0.3, -0.25) is 9.78 Å². The van der Waals surface area contributed by atoms with Crippen molar-refractivity contribution in [2.45, 2.75) is 6.54 Å². The van der Waals surface area contributed by atoms with Crippen molar-refractivity contribution < 1.29 is 4.79 Å². The van der Waals surface area contributed by atoms with Crippen LogP contribution in [0.15, 0.2) is 54.9 Å². The lowest BCUT2D eigenvalue weighted by Crippen LogP contribution is -2.24. The second-order valence-corrected chi connectivity index (χ2v) is 4.55. The molecule has 0 saturated carbocycles. The highest BCUT2D eigenvalue weighted by Crippen LogP contribution is 2.09. The minimum absolute atomic E-state index is 0.0516. The highest BCUT2D eigenvalue weighted by atomic mass is 16.2. The van der Waals surface area contributed by atoms with Gasteiger partial charge in [0.05, 0.1) is 0 Å². The van der Waals surface area contributed by atoms with E-state index in [1.54, 1.807) is 36.5 Å². The average molecular weight is 267 g/mol. The average Bonchev–Trinajstić information content (AvgIpc) is 2.46. The number of nitrogens with zero attached hydrogens (tertiary/aromatic N) is 2. The Labute approximate surface area is 118 Å². The van der Waals surface area contributed by atoms with Crippen molar-refractivity contribution in [1.82, 2.24) is 9.88 Å². The number of amides is 1. The van der Waals surface area contributed by atoms with E-state index >= 15 is 0 Å². The Kier molecular flexibility index (Phi) is 4.50. The molecule has 20 heavy (non-hydrogen) atoms. The molecule has 0 saturated heterocycles. The van der Waals surface area contributed by atoms with Crippen LogP contribution in [0, 0.1) is 0 Å². The van der Waals surface area contributed by atoms with Gasteiger partial charge >= 0.3 is 0 Å². The number of rotatable bonds is 4. The molecule has 0 spiro atoms. The maximum Gasteiger partial charge on any atom is 0.246 e. The number of anilines is 1. The smallest absolute Gasteiger partial charge is 0.246 e. The molecular formula is C16H17N3O. The lowest BCUT2D eigenvalue weighted by molar-refractivity contribution is -0.125.